The van der Waals surface area contributed by atoms with Crippen molar-refractivity contribution < 1.29 is 9.59 Å². The maximum Gasteiger partial charge on any atom is 0.254 e. The van der Waals surface area contributed by atoms with E-state index in [1.54, 1.807) is 34.1 Å². The topological polar surface area (TPSA) is 69.6 Å². The summed E-state index contributed by atoms with van der Waals surface area (Å²) in [7, 11) is 0. The van der Waals surface area contributed by atoms with Crippen LogP contribution in [-0.4, -0.2) is 71.1 Å². The third kappa shape index (κ3) is 5.48. The molecule has 0 N–H and O–H groups in total. The van der Waals surface area contributed by atoms with E-state index >= 15 is 0 Å². The molecule has 3 aromatic rings. The van der Waals surface area contributed by atoms with Crippen molar-refractivity contribution in [2.45, 2.75) is 6.92 Å². The van der Waals surface area contributed by atoms with Gasteiger partial charge in [-0.25, -0.2) is 0 Å². The molecular formula is C25H25Cl2N5O2. The van der Waals surface area contributed by atoms with Crippen LogP contribution in [-0.2, 0) is 4.79 Å². The van der Waals surface area contributed by atoms with Crippen molar-refractivity contribution >= 4 is 40.8 Å². The molecule has 4 rings (SSSR count). The highest BCUT2D eigenvalue weighted by Crippen LogP contribution is 2.29. The van der Waals surface area contributed by atoms with Crippen molar-refractivity contribution in [2.24, 2.45) is 0 Å². The number of piperazine rings is 1. The highest BCUT2D eigenvalue weighted by molar-refractivity contribution is 6.36. The summed E-state index contributed by atoms with van der Waals surface area (Å²) in [6.45, 7) is 4.82. The van der Waals surface area contributed by atoms with Gasteiger partial charge < -0.3 is 14.7 Å². The molecule has 0 radical (unpaired) electrons. The maximum atomic E-state index is 12.9. The number of carbonyl (C=O) groups excluding carboxylic acids is 2. The maximum absolute atomic E-state index is 12.9. The summed E-state index contributed by atoms with van der Waals surface area (Å²) in [6.07, 6.45) is 0. The van der Waals surface area contributed by atoms with Crippen LogP contribution in [0.3, 0.4) is 0 Å². The Kier molecular flexibility index (Phi) is 7.65. The van der Waals surface area contributed by atoms with Crippen LogP contribution < -0.4 is 4.90 Å². The van der Waals surface area contributed by atoms with Crippen LogP contribution in [0, 0.1) is 0 Å². The molecular weight excluding hydrogens is 473 g/mol. The molecule has 0 unspecified atom stereocenters. The Morgan fingerprint density at radius 3 is 2.29 bits per heavy atom. The first-order chi connectivity index (χ1) is 16.5. The van der Waals surface area contributed by atoms with Crippen LogP contribution in [0.25, 0.3) is 11.3 Å². The predicted molar refractivity (Wildman–Crippen MR) is 134 cm³/mol. The molecule has 0 bridgehead atoms. The Labute approximate surface area is 208 Å². The third-order valence-corrected chi connectivity index (χ3v) is 6.38. The molecule has 176 valence electrons. The number of benzene rings is 2. The van der Waals surface area contributed by atoms with E-state index in [9.17, 15) is 9.59 Å². The predicted octanol–water partition coefficient (Wildman–Crippen LogP) is 4.26. The lowest BCUT2D eigenvalue weighted by atomic mass is 10.1. The molecule has 1 aliphatic rings. The number of aromatic nitrogens is 2. The number of rotatable bonds is 6. The fraction of sp³-hybridized carbons (Fsp3) is 0.280. The van der Waals surface area contributed by atoms with Crippen molar-refractivity contribution in [3.05, 3.63) is 76.3 Å². The smallest absolute Gasteiger partial charge is 0.254 e. The van der Waals surface area contributed by atoms with E-state index < -0.39 is 0 Å². The van der Waals surface area contributed by atoms with E-state index in [1.807, 2.05) is 43.3 Å². The summed E-state index contributed by atoms with van der Waals surface area (Å²) in [5.41, 5.74) is 2.02. The molecule has 1 aromatic heterocycles. The minimum absolute atomic E-state index is 0.0513. The number of carbonyl (C=O) groups is 2. The summed E-state index contributed by atoms with van der Waals surface area (Å²) in [5.74, 6) is 0.561. The van der Waals surface area contributed by atoms with Gasteiger partial charge >= 0.3 is 0 Å². The molecule has 9 heteroatoms. The van der Waals surface area contributed by atoms with Gasteiger partial charge in [-0.3, -0.25) is 9.59 Å². The Morgan fingerprint density at radius 2 is 1.68 bits per heavy atom. The second kappa shape index (κ2) is 10.8. The number of likely N-dealkylation sites (N-methyl/N-ethyl adjacent to an activating group) is 1. The minimum Gasteiger partial charge on any atom is -0.352 e. The summed E-state index contributed by atoms with van der Waals surface area (Å²) in [5, 5.41) is 9.77. The lowest BCUT2D eigenvalue weighted by molar-refractivity contribution is -0.132. The molecule has 1 saturated heterocycles. The molecule has 0 aliphatic carbocycles. The number of hydrogen-bond acceptors (Lipinski definition) is 5. The molecule has 1 fully saturated rings. The number of nitrogens with zero attached hydrogens (tertiary/aromatic N) is 5. The average molecular weight is 498 g/mol. The fourth-order valence-corrected chi connectivity index (χ4v) is 4.38. The number of anilines is 1. The molecule has 34 heavy (non-hydrogen) atoms. The molecule has 0 saturated carbocycles. The monoisotopic (exact) mass is 497 g/mol. The third-order valence-electron chi connectivity index (χ3n) is 5.83. The van der Waals surface area contributed by atoms with Crippen molar-refractivity contribution in [2.75, 3.05) is 44.2 Å². The molecule has 1 aliphatic heterocycles. The Bertz CT molecular complexity index is 1150. The summed E-state index contributed by atoms with van der Waals surface area (Å²) in [4.78, 5) is 31.1. The first kappa shape index (κ1) is 24.0. The molecule has 0 atom stereocenters. The molecule has 2 heterocycles. The molecule has 7 nitrogen and oxygen atoms in total. The van der Waals surface area contributed by atoms with E-state index in [-0.39, 0.29) is 18.4 Å². The Morgan fingerprint density at radius 1 is 0.941 bits per heavy atom. The van der Waals surface area contributed by atoms with Crippen LogP contribution in [0.1, 0.15) is 17.3 Å². The van der Waals surface area contributed by atoms with Gasteiger partial charge in [0.25, 0.3) is 5.91 Å². The first-order valence-corrected chi connectivity index (χ1v) is 11.9. The van der Waals surface area contributed by atoms with Crippen LogP contribution in [0.5, 0.6) is 0 Å². The lowest BCUT2D eigenvalue weighted by Crippen LogP contribution is -2.52. The first-order valence-electron chi connectivity index (χ1n) is 11.1. The van der Waals surface area contributed by atoms with Gasteiger partial charge in [-0.1, -0.05) is 41.4 Å². The standard InChI is InChI=1S/C25H25Cl2N5O2/c1-2-30(25(34)18-6-4-3-5-7-18)17-24(33)32-14-12-31(13-15-32)23-11-10-22(28-29-23)20-9-8-19(26)16-21(20)27/h3-11,16H,2,12-15,17H2,1H3. The van der Waals surface area contributed by atoms with Crippen LogP contribution in [0.15, 0.2) is 60.7 Å². The zero-order valence-electron chi connectivity index (χ0n) is 18.8. The number of amides is 2. The van der Waals surface area contributed by atoms with Gasteiger partial charge in [-0.15, -0.1) is 10.2 Å². The van der Waals surface area contributed by atoms with Gasteiger partial charge in [0.2, 0.25) is 5.91 Å². The zero-order chi connectivity index (χ0) is 24.1. The second-order valence-electron chi connectivity index (χ2n) is 7.95. The van der Waals surface area contributed by atoms with Crippen molar-refractivity contribution in [3.8, 4) is 11.3 Å². The van der Waals surface area contributed by atoms with Crippen LogP contribution >= 0.6 is 23.2 Å². The summed E-state index contributed by atoms with van der Waals surface area (Å²) in [6, 6.07) is 18.1. The van der Waals surface area contributed by atoms with Gasteiger partial charge in [-0.05, 0) is 49.4 Å². The normalized spacial score (nSPS) is 13.6. The van der Waals surface area contributed by atoms with Gasteiger partial charge in [0, 0.05) is 48.9 Å². The van der Waals surface area contributed by atoms with Crippen molar-refractivity contribution in [1.29, 1.82) is 0 Å². The SMILES string of the molecule is CCN(CC(=O)N1CCN(c2ccc(-c3ccc(Cl)cc3Cl)nn2)CC1)C(=O)c1ccccc1. The van der Waals surface area contributed by atoms with Gasteiger partial charge in [-0.2, -0.15) is 0 Å². The van der Waals surface area contributed by atoms with Gasteiger partial charge in [0.1, 0.15) is 6.54 Å². The Balaban J connectivity index is 1.33. The highest BCUT2D eigenvalue weighted by atomic mass is 35.5. The van der Waals surface area contributed by atoms with Gasteiger partial charge in [0.05, 0.1) is 10.7 Å². The molecule has 2 aromatic carbocycles. The second-order valence-corrected chi connectivity index (χ2v) is 8.80. The zero-order valence-corrected chi connectivity index (χ0v) is 20.3. The summed E-state index contributed by atoms with van der Waals surface area (Å²) >= 11 is 12.2. The molecule has 2 amide bonds. The quantitative estimate of drug-likeness (QED) is 0.508. The highest BCUT2D eigenvalue weighted by Gasteiger charge is 2.25. The van der Waals surface area contributed by atoms with Crippen LogP contribution in [0.4, 0.5) is 5.82 Å². The average Bonchev–Trinajstić information content (AvgIpc) is 2.87. The lowest BCUT2D eigenvalue weighted by Gasteiger charge is -2.36. The van der Waals surface area contributed by atoms with E-state index in [2.05, 4.69) is 15.1 Å². The fourth-order valence-electron chi connectivity index (χ4n) is 3.87. The molecule has 0 spiro atoms. The minimum atomic E-state index is -0.133. The van der Waals surface area contributed by atoms with Gasteiger partial charge in [0.15, 0.2) is 5.82 Å². The van der Waals surface area contributed by atoms with Crippen molar-refractivity contribution in [3.63, 3.8) is 0 Å². The van der Waals surface area contributed by atoms with E-state index in [0.717, 1.165) is 11.4 Å². The number of hydrogen-bond donors (Lipinski definition) is 0. The number of halogens is 2. The van der Waals surface area contributed by atoms with Crippen molar-refractivity contribution in [1.82, 2.24) is 20.0 Å². The van der Waals surface area contributed by atoms with E-state index in [0.29, 0.717) is 54.0 Å². The summed E-state index contributed by atoms with van der Waals surface area (Å²) < 4.78 is 0. The van der Waals surface area contributed by atoms with E-state index in [1.165, 1.54) is 0 Å². The Hall–Kier alpha value is -3.16. The van der Waals surface area contributed by atoms with Crippen LogP contribution in [0.2, 0.25) is 10.0 Å². The van der Waals surface area contributed by atoms with E-state index in [4.69, 9.17) is 23.2 Å². The largest absolute Gasteiger partial charge is 0.352 e.